The second kappa shape index (κ2) is 13.3. The number of para-hydroxylation sites is 4. The van der Waals surface area contributed by atoms with Gasteiger partial charge in [-0.15, -0.1) is 0 Å². The van der Waals surface area contributed by atoms with E-state index in [-0.39, 0.29) is 0 Å². The molecule has 11 aromatic rings. The zero-order valence-electron chi connectivity index (χ0n) is 33.3. The molecule has 8 aromatic carbocycles. The molecule has 2 aliphatic carbocycles. The van der Waals surface area contributed by atoms with Crippen molar-refractivity contribution < 1.29 is 4.42 Å². The van der Waals surface area contributed by atoms with Crippen LogP contribution in [0.15, 0.2) is 222 Å². The lowest BCUT2D eigenvalue weighted by Gasteiger charge is -2.24. The molecule has 13 rings (SSSR count). The highest BCUT2D eigenvalue weighted by Crippen LogP contribution is 2.43. The number of nitrogens with zero attached hydrogens (tertiary/aromatic N) is 2. The van der Waals surface area contributed by atoms with E-state index in [1.807, 2.05) is 6.07 Å². The Labute approximate surface area is 352 Å². The highest BCUT2D eigenvalue weighted by atomic mass is 16.3. The van der Waals surface area contributed by atoms with E-state index < -0.39 is 0 Å². The third-order valence-electron chi connectivity index (χ3n) is 13.1. The van der Waals surface area contributed by atoms with Crippen LogP contribution >= 0.6 is 0 Å². The molecule has 286 valence electrons. The van der Waals surface area contributed by atoms with E-state index in [0.717, 1.165) is 39.5 Å². The molecule has 61 heavy (non-hydrogen) atoms. The zero-order valence-corrected chi connectivity index (χ0v) is 33.3. The van der Waals surface area contributed by atoms with Crippen molar-refractivity contribution in [2.45, 2.75) is 6.42 Å². The Morgan fingerprint density at radius 3 is 1.79 bits per heavy atom. The summed E-state index contributed by atoms with van der Waals surface area (Å²) in [6.45, 7) is 0. The monoisotopic (exact) mass is 778 g/mol. The summed E-state index contributed by atoms with van der Waals surface area (Å²) in [6, 6.07) is 64.2. The Hall–Kier alpha value is -7.88. The number of rotatable bonds is 5. The van der Waals surface area contributed by atoms with Crippen LogP contribution < -0.4 is 0 Å². The van der Waals surface area contributed by atoms with Crippen molar-refractivity contribution >= 4 is 71.2 Å². The summed E-state index contributed by atoms with van der Waals surface area (Å²) in [5.74, 6) is 0.378. The SMILES string of the molecule is C1=CC2=CC=C(n3c4ccc(-c5ccc(-c6ccc7c(c6)c6ccccc6n7-c6ccccc6)cc5)cc4c4cc(-c5cccc6c5oc5ccccc56)ccc43)CC2C=C1. The van der Waals surface area contributed by atoms with Crippen LogP contribution in [0.4, 0.5) is 0 Å². The quantitative estimate of drug-likeness (QED) is 0.171. The van der Waals surface area contributed by atoms with Crippen LogP contribution in [0.3, 0.4) is 0 Å². The van der Waals surface area contributed by atoms with Gasteiger partial charge >= 0.3 is 0 Å². The Morgan fingerprint density at radius 2 is 1.02 bits per heavy atom. The van der Waals surface area contributed by atoms with Gasteiger partial charge in [-0.2, -0.15) is 0 Å². The molecule has 2 aliphatic rings. The van der Waals surface area contributed by atoms with Gasteiger partial charge in [0.25, 0.3) is 0 Å². The first-order chi connectivity index (χ1) is 30.2. The molecular formula is C58H38N2O. The molecule has 0 aliphatic heterocycles. The fourth-order valence-corrected chi connectivity index (χ4v) is 10.1. The van der Waals surface area contributed by atoms with Gasteiger partial charge < -0.3 is 13.6 Å². The Kier molecular flexibility index (Phi) is 7.43. The van der Waals surface area contributed by atoms with Gasteiger partial charge in [-0.05, 0) is 107 Å². The van der Waals surface area contributed by atoms with Crippen molar-refractivity contribution in [3.8, 4) is 39.1 Å². The standard InChI is InChI=1S/C58H38N2O/c1-2-13-44(14-3-1)59-53-19-8-6-15-47(53)50-34-41(26-30-54(50)59)38-21-23-39(24-22-38)42-27-31-55-51(35-42)52-36-43(46-17-10-18-49-48-16-7-9-20-57(48)61-58(46)49)28-32-56(52)60(55)45-29-25-37-11-4-5-12-40(37)33-45/h1-32,34-36,40H,33H2. The molecule has 0 spiro atoms. The van der Waals surface area contributed by atoms with Gasteiger partial charge in [0.15, 0.2) is 0 Å². The Morgan fingerprint density at radius 1 is 0.426 bits per heavy atom. The first-order valence-corrected chi connectivity index (χ1v) is 21.2. The van der Waals surface area contributed by atoms with Crippen LogP contribution in [0.5, 0.6) is 0 Å². The van der Waals surface area contributed by atoms with E-state index in [1.165, 1.54) is 82.8 Å². The van der Waals surface area contributed by atoms with Gasteiger partial charge in [0.2, 0.25) is 0 Å². The van der Waals surface area contributed by atoms with Gasteiger partial charge in [0.1, 0.15) is 11.2 Å². The molecule has 1 unspecified atom stereocenters. The third-order valence-corrected chi connectivity index (χ3v) is 13.1. The maximum atomic E-state index is 6.53. The van der Waals surface area contributed by atoms with E-state index in [9.17, 15) is 0 Å². The van der Waals surface area contributed by atoms with Crippen molar-refractivity contribution in [2.24, 2.45) is 5.92 Å². The number of aromatic nitrogens is 2. The second-order valence-electron chi connectivity index (χ2n) is 16.5. The van der Waals surface area contributed by atoms with Crippen molar-refractivity contribution in [1.82, 2.24) is 9.13 Å². The lowest BCUT2D eigenvalue weighted by Crippen LogP contribution is -2.10. The summed E-state index contributed by atoms with van der Waals surface area (Å²) in [7, 11) is 0. The number of furan rings is 1. The average Bonchev–Trinajstić information content (AvgIpc) is 3.99. The molecule has 0 saturated carbocycles. The van der Waals surface area contributed by atoms with Gasteiger partial charge in [0.05, 0.1) is 22.1 Å². The number of fused-ring (bicyclic) bond motifs is 10. The van der Waals surface area contributed by atoms with Crippen LogP contribution in [0.1, 0.15) is 6.42 Å². The lowest BCUT2D eigenvalue weighted by molar-refractivity contribution is 0.670. The van der Waals surface area contributed by atoms with E-state index in [4.69, 9.17) is 4.42 Å². The van der Waals surface area contributed by atoms with Gasteiger partial charge in [0, 0.05) is 55.2 Å². The summed E-state index contributed by atoms with van der Waals surface area (Å²) in [5, 5.41) is 7.28. The van der Waals surface area contributed by atoms with E-state index in [1.54, 1.807) is 0 Å². The summed E-state index contributed by atoms with van der Waals surface area (Å²) in [4.78, 5) is 0. The fraction of sp³-hybridized carbons (Fsp3) is 0.0345. The third kappa shape index (κ3) is 5.30. The van der Waals surface area contributed by atoms with E-state index in [0.29, 0.717) is 5.92 Å². The molecule has 0 N–H and O–H groups in total. The second-order valence-corrected chi connectivity index (χ2v) is 16.5. The van der Waals surface area contributed by atoms with Crippen LogP contribution in [0.2, 0.25) is 0 Å². The van der Waals surface area contributed by atoms with Crippen LogP contribution in [0.25, 0.3) is 110 Å². The maximum Gasteiger partial charge on any atom is 0.143 e. The molecule has 1 atom stereocenters. The van der Waals surface area contributed by atoms with Gasteiger partial charge in [-0.1, -0.05) is 146 Å². The lowest BCUT2D eigenvalue weighted by atomic mass is 9.86. The molecule has 3 aromatic heterocycles. The Bertz CT molecular complexity index is 3710. The zero-order chi connectivity index (χ0) is 40.0. The minimum absolute atomic E-state index is 0.378. The number of hydrogen-bond donors (Lipinski definition) is 0. The fourth-order valence-electron chi connectivity index (χ4n) is 10.1. The predicted octanol–water partition coefficient (Wildman–Crippen LogP) is 15.7. The first-order valence-electron chi connectivity index (χ1n) is 21.2. The highest BCUT2D eigenvalue weighted by Gasteiger charge is 2.23. The van der Waals surface area contributed by atoms with Gasteiger partial charge in [-0.3, -0.25) is 0 Å². The van der Waals surface area contributed by atoms with Crippen LogP contribution in [0, 0.1) is 5.92 Å². The molecule has 0 bridgehead atoms. The van der Waals surface area contributed by atoms with Crippen molar-refractivity contribution in [3.05, 3.63) is 218 Å². The molecule has 3 heteroatoms. The summed E-state index contributed by atoms with van der Waals surface area (Å²) in [6.07, 6.45) is 14.5. The molecule has 0 amide bonds. The molecule has 0 radical (unpaired) electrons. The topological polar surface area (TPSA) is 23.0 Å². The minimum atomic E-state index is 0.378. The number of benzene rings is 8. The molecule has 0 fully saturated rings. The predicted molar refractivity (Wildman–Crippen MR) is 256 cm³/mol. The van der Waals surface area contributed by atoms with Crippen molar-refractivity contribution in [2.75, 3.05) is 0 Å². The largest absolute Gasteiger partial charge is 0.455 e. The molecule has 3 heterocycles. The average molecular weight is 779 g/mol. The summed E-state index contributed by atoms with van der Waals surface area (Å²) in [5.41, 5.74) is 17.6. The summed E-state index contributed by atoms with van der Waals surface area (Å²) < 4.78 is 11.4. The molecule has 0 saturated heterocycles. The van der Waals surface area contributed by atoms with E-state index >= 15 is 0 Å². The smallest absolute Gasteiger partial charge is 0.143 e. The maximum absolute atomic E-state index is 6.53. The van der Waals surface area contributed by atoms with Gasteiger partial charge in [-0.25, -0.2) is 0 Å². The van der Waals surface area contributed by atoms with Crippen LogP contribution in [-0.4, -0.2) is 9.13 Å². The van der Waals surface area contributed by atoms with Crippen molar-refractivity contribution in [1.29, 1.82) is 0 Å². The molecule has 3 nitrogen and oxygen atoms in total. The normalized spacial score (nSPS) is 15.0. The number of allylic oxidation sites excluding steroid dienone is 8. The molecular weight excluding hydrogens is 741 g/mol. The van der Waals surface area contributed by atoms with Crippen LogP contribution in [-0.2, 0) is 0 Å². The number of hydrogen-bond acceptors (Lipinski definition) is 1. The first kappa shape index (κ1) is 34.0. The Balaban J connectivity index is 0.933. The van der Waals surface area contributed by atoms with Crippen molar-refractivity contribution in [3.63, 3.8) is 0 Å². The summed E-state index contributed by atoms with van der Waals surface area (Å²) >= 11 is 0. The highest BCUT2D eigenvalue weighted by molar-refractivity contribution is 6.15. The van der Waals surface area contributed by atoms with E-state index in [2.05, 4.69) is 215 Å². The minimum Gasteiger partial charge on any atom is -0.455 e.